The number of rotatable bonds is 7. The first-order valence-electron chi connectivity index (χ1n) is 14.0. The van der Waals surface area contributed by atoms with Gasteiger partial charge in [0.1, 0.15) is 5.75 Å². The Morgan fingerprint density at radius 2 is 1.77 bits per heavy atom. The van der Waals surface area contributed by atoms with Crippen LogP contribution >= 0.6 is 0 Å². The van der Waals surface area contributed by atoms with Crippen LogP contribution in [0, 0.1) is 0 Å². The summed E-state index contributed by atoms with van der Waals surface area (Å²) < 4.78 is 18.7. The third-order valence-electron chi connectivity index (χ3n) is 8.09. The van der Waals surface area contributed by atoms with Crippen LogP contribution in [-0.4, -0.2) is 48.9 Å². The molecule has 2 aliphatic heterocycles. The summed E-state index contributed by atoms with van der Waals surface area (Å²) in [5.74, 6) is 0.112. The molecular formula is C34H34FNO3. The average molecular weight is 524 g/mol. The SMILES string of the molecule is O=C(O)c1ccc2c(c1)CCCC(c1cccc3c1OCCC3)=C2c1ccc(C=C2CN(CCCF)C2)cc1. The zero-order valence-corrected chi connectivity index (χ0v) is 22.2. The highest BCUT2D eigenvalue weighted by molar-refractivity contribution is 6.01. The molecule has 0 atom stereocenters. The van der Waals surface area contributed by atoms with Crippen molar-refractivity contribution in [1.29, 1.82) is 0 Å². The lowest BCUT2D eigenvalue weighted by atomic mass is 9.85. The van der Waals surface area contributed by atoms with Crippen molar-refractivity contribution >= 4 is 23.2 Å². The molecule has 2 heterocycles. The number of carboxylic acid groups (broad SMARTS) is 1. The van der Waals surface area contributed by atoms with Crippen LogP contribution < -0.4 is 4.74 Å². The van der Waals surface area contributed by atoms with Crippen molar-refractivity contribution in [2.75, 3.05) is 32.9 Å². The maximum atomic E-state index is 12.5. The van der Waals surface area contributed by atoms with E-state index in [0.29, 0.717) is 12.0 Å². The van der Waals surface area contributed by atoms with Gasteiger partial charge in [-0.3, -0.25) is 9.29 Å². The van der Waals surface area contributed by atoms with Gasteiger partial charge in [0.2, 0.25) is 0 Å². The first-order chi connectivity index (χ1) is 19.1. The van der Waals surface area contributed by atoms with Crippen molar-refractivity contribution in [3.63, 3.8) is 0 Å². The lowest BCUT2D eigenvalue weighted by Crippen LogP contribution is -2.40. The maximum absolute atomic E-state index is 12.5. The Bertz CT molecular complexity index is 1450. The number of para-hydroxylation sites is 1. The van der Waals surface area contributed by atoms with Crippen LogP contribution in [0.25, 0.3) is 17.2 Å². The second-order valence-electron chi connectivity index (χ2n) is 10.8. The number of nitrogens with zero attached hydrogens (tertiary/aromatic N) is 1. The molecule has 0 amide bonds. The fraction of sp³-hybridized carbons (Fsp3) is 0.324. The van der Waals surface area contributed by atoms with E-state index in [4.69, 9.17) is 4.74 Å². The van der Waals surface area contributed by atoms with E-state index in [2.05, 4.69) is 53.4 Å². The summed E-state index contributed by atoms with van der Waals surface area (Å²) in [6.07, 6.45) is 7.58. The van der Waals surface area contributed by atoms with Crippen molar-refractivity contribution in [1.82, 2.24) is 4.90 Å². The molecule has 0 radical (unpaired) electrons. The van der Waals surface area contributed by atoms with E-state index in [1.807, 2.05) is 12.1 Å². The molecule has 0 aromatic heterocycles. The van der Waals surface area contributed by atoms with Gasteiger partial charge in [-0.1, -0.05) is 54.6 Å². The molecule has 1 fully saturated rings. The number of alkyl halides is 1. The molecule has 6 rings (SSSR count). The quantitative estimate of drug-likeness (QED) is 0.360. The number of carboxylic acids is 1. The van der Waals surface area contributed by atoms with E-state index in [9.17, 15) is 14.3 Å². The van der Waals surface area contributed by atoms with Crippen molar-refractivity contribution in [3.8, 4) is 5.75 Å². The highest BCUT2D eigenvalue weighted by Gasteiger charge is 2.25. The standard InChI is InChI=1S/C34H34FNO3/c35-16-4-17-36-21-24(22-36)19-23-10-12-25(13-11-23)32-29-15-14-28(34(37)38)20-27(29)6-2-8-30(32)31-9-1-5-26-7-3-18-39-33(26)31/h1,5,9-15,19-20H,2-4,6-8,16-18,21-22H2,(H,37,38). The number of hydrogen-bond acceptors (Lipinski definition) is 3. The molecule has 0 unspecified atom stereocenters. The van der Waals surface area contributed by atoms with Crippen LogP contribution in [0.15, 0.2) is 66.2 Å². The van der Waals surface area contributed by atoms with E-state index in [1.165, 1.54) is 22.3 Å². The Labute approximate surface area is 229 Å². The molecule has 0 saturated carbocycles. The summed E-state index contributed by atoms with van der Waals surface area (Å²) in [5.41, 5.74) is 11.0. The summed E-state index contributed by atoms with van der Waals surface area (Å²) in [7, 11) is 0. The van der Waals surface area contributed by atoms with Gasteiger partial charge in [0.15, 0.2) is 0 Å². The van der Waals surface area contributed by atoms with E-state index < -0.39 is 5.97 Å². The van der Waals surface area contributed by atoms with Gasteiger partial charge in [0.05, 0.1) is 18.8 Å². The minimum absolute atomic E-state index is 0.256. The van der Waals surface area contributed by atoms with Crippen molar-refractivity contribution in [2.24, 2.45) is 0 Å². The van der Waals surface area contributed by atoms with E-state index in [0.717, 1.165) is 91.9 Å². The molecule has 1 N–H and O–H groups in total. The van der Waals surface area contributed by atoms with Crippen LogP contribution in [-0.2, 0) is 12.8 Å². The van der Waals surface area contributed by atoms with Crippen molar-refractivity contribution < 1.29 is 19.0 Å². The van der Waals surface area contributed by atoms with Crippen molar-refractivity contribution in [3.05, 3.63) is 105 Å². The molecule has 0 spiro atoms. The summed E-state index contributed by atoms with van der Waals surface area (Å²) >= 11 is 0. The summed E-state index contributed by atoms with van der Waals surface area (Å²) in [4.78, 5) is 14.0. The molecule has 0 bridgehead atoms. The molecular weight excluding hydrogens is 489 g/mol. The highest BCUT2D eigenvalue weighted by Crippen LogP contribution is 2.44. The molecule has 3 aliphatic rings. The molecule has 200 valence electrons. The van der Waals surface area contributed by atoms with Gasteiger partial charge < -0.3 is 9.84 Å². The summed E-state index contributed by atoms with van der Waals surface area (Å²) in [5, 5.41) is 9.63. The summed E-state index contributed by atoms with van der Waals surface area (Å²) in [6, 6.07) is 20.8. The number of hydrogen-bond donors (Lipinski definition) is 1. The Hall–Kier alpha value is -3.70. The number of aryl methyl sites for hydroxylation is 2. The third kappa shape index (κ3) is 5.28. The molecule has 3 aromatic rings. The predicted molar refractivity (Wildman–Crippen MR) is 154 cm³/mol. The van der Waals surface area contributed by atoms with Gasteiger partial charge in [-0.15, -0.1) is 0 Å². The number of aromatic carboxylic acids is 1. The van der Waals surface area contributed by atoms with E-state index in [-0.39, 0.29) is 6.67 Å². The minimum atomic E-state index is -0.894. The van der Waals surface area contributed by atoms with Gasteiger partial charge in [0.25, 0.3) is 0 Å². The zero-order chi connectivity index (χ0) is 26.8. The maximum Gasteiger partial charge on any atom is 0.335 e. The Morgan fingerprint density at radius 3 is 2.56 bits per heavy atom. The number of fused-ring (bicyclic) bond motifs is 2. The van der Waals surface area contributed by atoms with Gasteiger partial charge in [0, 0.05) is 25.2 Å². The zero-order valence-electron chi connectivity index (χ0n) is 22.2. The van der Waals surface area contributed by atoms with Crippen LogP contribution in [0.1, 0.15) is 69.4 Å². The smallest absolute Gasteiger partial charge is 0.335 e. The molecule has 1 saturated heterocycles. The Kier molecular flexibility index (Phi) is 7.34. The first kappa shape index (κ1) is 25.6. The topological polar surface area (TPSA) is 49.8 Å². The molecule has 39 heavy (non-hydrogen) atoms. The van der Waals surface area contributed by atoms with Gasteiger partial charge in [-0.2, -0.15) is 0 Å². The monoisotopic (exact) mass is 523 g/mol. The average Bonchev–Trinajstić information content (AvgIpc) is 3.13. The number of ether oxygens (including phenoxy) is 1. The molecule has 3 aromatic carbocycles. The number of halogens is 1. The Balaban J connectivity index is 1.42. The molecule has 4 nitrogen and oxygen atoms in total. The first-order valence-corrected chi connectivity index (χ1v) is 14.0. The molecule has 1 aliphatic carbocycles. The number of carbonyl (C=O) groups is 1. The lowest BCUT2D eigenvalue weighted by Gasteiger charge is -2.33. The van der Waals surface area contributed by atoms with Gasteiger partial charge in [-0.25, -0.2) is 4.79 Å². The third-order valence-corrected chi connectivity index (χ3v) is 8.09. The number of allylic oxidation sites excluding steroid dienone is 1. The number of likely N-dealkylation sites (tertiary alicyclic amines) is 1. The van der Waals surface area contributed by atoms with Crippen LogP contribution in [0.3, 0.4) is 0 Å². The summed E-state index contributed by atoms with van der Waals surface area (Å²) in [6.45, 7) is 3.12. The van der Waals surface area contributed by atoms with Crippen molar-refractivity contribution in [2.45, 2.75) is 38.5 Å². The highest BCUT2D eigenvalue weighted by atomic mass is 19.1. The fourth-order valence-corrected chi connectivity index (χ4v) is 6.19. The Morgan fingerprint density at radius 1 is 0.949 bits per heavy atom. The van der Waals surface area contributed by atoms with E-state index in [1.54, 1.807) is 6.07 Å². The van der Waals surface area contributed by atoms with Gasteiger partial charge >= 0.3 is 5.97 Å². The fourth-order valence-electron chi connectivity index (χ4n) is 6.19. The molecule has 5 heteroatoms. The number of benzene rings is 3. The van der Waals surface area contributed by atoms with Gasteiger partial charge in [-0.05, 0) is 95.2 Å². The second-order valence-corrected chi connectivity index (χ2v) is 10.8. The lowest BCUT2D eigenvalue weighted by molar-refractivity contribution is 0.0696. The van der Waals surface area contributed by atoms with Crippen LogP contribution in [0.5, 0.6) is 5.75 Å². The van der Waals surface area contributed by atoms with Crippen LogP contribution in [0.4, 0.5) is 4.39 Å². The largest absolute Gasteiger partial charge is 0.493 e. The predicted octanol–water partition coefficient (Wildman–Crippen LogP) is 7.06. The minimum Gasteiger partial charge on any atom is -0.493 e. The normalized spacial score (nSPS) is 17.0. The van der Waals surface area contributed by atoms with Crippen LogP contribution in [0.2, 0.25) is 0 Å². The second kappa shape index (κ2) is 11.2. The van der Waals surface area contributed by atoms with E-state index >= 15 is 0 Å².